The van der Waals surface area contributed by atoms with Crippen molar-refractivity contribution in [1.82, 2.24) is 10.2 Å². The predicted octanol–water partition coefficient (Wildman–Crippen LogP) is 4.62. The first-order valence-corrected chi connectivity index (χ1v) is 11.8. The largest absolute Gasteiger partial charge is 0.354 e. The van der Waals surface area contributed by atoms with Crippen LogP contribution < -0.4 is 5.32 Å². The second kappa shape index (κ2) is 9.82. The fourth-order valence-corrected chi connectivity index (χ4v) is 5.96. The summed E-state index contributed by atoms with van der Waals surface area (Å²) < 4.78 is 0. The Morgan fingerprint density at radius 3 is 2.57 bits per heavy atom. The lowest BCUT2D eigenvalue weighted by Gasteiger charge is -2.35. The van der Waals surface area contributed by atoms with Gasteiger partial charge in [0.25, 0.3) is 5.91 Å². The van der Waals surface area contributed by atoms with E-state index in [4.69, 9.17) is 0 Å². The topological polar surface area (TPSA) is 49.4 Å². The van der Waals surface area contributed by atoms with Crippen molar-refractivity contribution in [2.45, 2.75) is 70.7 Å². The molecule has 2 aliphatic rings. The zero-order valence-corrected chi connectivity index (χ0v) is 18.3. The highest BCUT2D eigenvalue weighted by molar-refractivity contribution is 8.00. The van der Waals surface area contributed by atoms with E-state index in [9.17, 15) is 9.59 Å². The molecule has 0 aromatic heterocycles. The number of carbonyl (C=O) groups excluding carboxylic acids is 2. The Balaban J connectivity index is 1.81. The van der Waals surface area contributed by atoms with Gasteiger partial charge in [0.2, 0.25) is 5.91 Å². The molecule has 3 rings (SSSR count). The van der Waals surface area contributed by atoms with Crippen LogP contribution in [0.2, 0.25) is 0 Å². The molecule has 4 nitrogen and oxygen atoms in total. The molecule has 154 valence electrons. The van der Waals surface area contributed by atoms with Crippen molar-refractivity contribution in [3.8, 4) is 0 Å². The van der Waals surface area contributed by atoms with E-state index in [-0.39, 0.29) is 23.2 Å². The lowest BCUT2D eigenvalue weighted by atomic mass is 9.88. The highest BCUT2D eigenvalue weighted by atomic mass is 32.2. The second-order valence-electron chi connectivity index (χ2n) is 8.64. The van der Waals surface area contributed by atoms with E-state index in [2.05, 4.69) is 19.2 Å². The van der Waals surface area contributed by atoms with Gasteiger partial charge in [0.05, 0.1) is 5.37 Å². The summed E-state index contributed by atoms with van der Waals surface area (Å²) in [6.45, 7) is 6.97. The zero-order valence-electron chi connectivity index (χ0n) is 17.4. The summed E-state index contributed by atoms with van der Waals surface area (Å²) in [5, 5.41) is 3.20. The molecule has 2 amide bonds. The van der Waals surface area contributed by atoms with Gasteiger partial charge in [0.15, 0.2) is 0 Å². The average molecular weight is 403 g/mol. The Morgan fingerprint density at radius 1 is 1.18 bits per heavy atom. The van der Waals surface area contributed by atoms with Gasteiger partial charge in [-0.15, -0.1) is 11.8 Å². The molecule has 1 aromatic carbocycles. The maximum absolute atomic E-state index is 13.6. The van der Waals surface area contributed by atoms with Gasteiger partial charge in [-0.3, -0.25) is 9.59 Å². The molecule has 1 aliphatic carbocycles. The van der Waals surface area contributed by atoms with Crippen molar-refractivity contribution in [3.05, 3.63) is 35.4 Å². The number of amides is 2. The minimum atomic E-state index is -0.365. The number of nitrogens with zero attached hydrogens (tertiary/aromatic N) is 1. The van der Waals surface area contributed by atoms with E-state index in [0.29, 0.717) is 24.1 Å². The summed E-state index contributed by atoms with van der Waals surface area (Å²) in [6.07, 6.45) is 7.05. The van der Waals surface area contributed by atoms with E-state index < -0.39 is 0 Å². The number of rotatable bonds is 6. The standard InChI is InChI=1S/C23H34N2O2S/c1-16(2)13-14-24-21(26)20-15-28-23(18-10-5-4-6-11-18)25(20)22(27)19-12-8-7-9-17(19)3/h7-9,12,16,18,20,23H,4-6,10-11,13-15H2,1-3H3,(H,24,26). The lowest BCUT2D eigenvalue weighted by Crippen LogP contribution is -2.51. The van der Waals surface area contributed by atoms with Gasteiger partial charge in [-0.1, -0.05) is 51.3 Å². The Kier molecular flexibility index (Phi) is 7.44. The summed E-state index contributed by atoms with van der Waals surface area (Å²) in [5.41, 5.74) is 1.71. The molecule has 0 radical (unpaired) electrons. The second-order valence-corrected chi connectivity index (χ2v) is 9.79. The van der Waals surface area contributed by atoms with Gasteiger partial charge < -0.3 is 10.2 Å². The molecule has 2 fully saturated rings. The van der Waals surface area contributed by atoms with E-state index >= 15 is 0 Å². The molecular weight excluding hydrogens is 368 g/mol. The van der Waals surface area contributed by atoms with Crippen LogP contribution in [0.1, 0.15) is 68.3 Å². The highest BCUT2D eigenvalue weighted by Crippen LogP contribution is 2.41. The molecule has 5 heteroatoms. The van der Waals surface area contributed by atoms with Crippen molar-refractivity contribution in [1.29, 1.82) is 0 Å². The third kappa shape index (κ3) is 4.91. The Morgan fingerprint density at radius 2 is 1.89 bits per heavy atom. The van der Waals surface area contributed by atoms with E-state index in [1.807, 2.05) is 36.1 Å². The van der Waals surface area contributed by atoms with Gasteiger partial charge >= 0.3 is 0 Å². The van der Waals surface area contributed by atoms with Crippen molar-refractivity contribution >= 4 is 23.6 Å². The van der Waals surface area contributed by atoms with Crippen LogP contribution in [0.15, 0.2) is 24.3 Å². The molecule has 1 saturated carbocycles. The third-order valence-electron chi connectivity index (χ3n) is 6.02. The van der Waals surface area contributed by atoms with Gasteiger partial charge in [-0.25, -0.2) is 0 Å². The molecule has 0 spiro atoms. The summed E-state index contributed by atoms with van der Waals surface area (Å²) in [4.78, 5) is 28.4. The predicted molar refractivity (Wildman–Crippen MR) is 116 cm³/mol. The molecule has 2 unspecified atom stereocenters. The minimum Gasteiger partial charge on any atom is -0.354 e. The van der Waals surface area contributed by atoms with Crippen LogP contribution >= 0.6 is 11.8 Å². The fourth-order valence-electron chi connectivity index (χ4n) is 4.32. The fraction of sp³-hybridized carbons (Fsp3) is 0.652. The van der Waals surface area contributed by atoms with E-state index in [0.717, 1.165) is 30.4 Å². The van der Waals surface area contributed by atoms with Crippen LogP contribution in [0.25, 0.3) is 0 Å². The van der Waals surface area contributed by atoms with Crippen LogP contribution in [0.5, 0.6) is 0 Å². The van der Waals surface area contributed by atoms with Gasteiger partial charge in [0.1, 0.15) is 6.04 Å². The molecule has 1 N–H and O–H groups in total. The molecule has 1 aromatic rings. The molecule has 1 aliphatic heterocycles. The smallest absolute Gasteiger partial charge is 0.255 e. The van der Waals surface area contributed by atoms with E-state index in [1.165, 1.54) is 19.3 Å². The number of carbonyl (C=O) groups is 2. The first-order chi connectivity index (χ1) is 13.5. The number of benzene rings is 1. The molecule has 0 bridgehead atoms. The maximum atomic E-state index is 13.6. The first-order valence-electron chi connectivity index (χ1n) is 10.8. The van der Waals surface area contributed by atoms with Crippen LogP contribution in [0.3, 0.4) is 0 Å². The van der Waals surface area contributed by atoms with Crippen molar-refractivity contribution < 1.29 is 9.59 Å². The Hall–Kier alpha value is -1.49. The quantitative estimate of drug-likeness (QED) is 0.755. The number of hydrogen-bond donors (Lipinski definition) is 1. The molecule has 2 atom stereocenters. The van der Waals surface area contributed by atoms with Crippen molar-refractivity contribution in [3.63, 3.8) is 0 Å². The summed E-state index contributed by atoms with van der Waals surface area (Å²) in [7, 11) is 0. The SMILES string of the molecule is Cc1ccccc1C(=O)N1C(C(=O)NCCC(C)C)CSC1C1CCCCC1. The van der Waals surface area contributed by atoms with Crippen molar-refractivity contribution in [2.24, 2.45) is 11.8 Å². The third-order valence-corrected chi connectivity index (χ3v) is 7.48. The summed E-state index contributed by atoms with van der Waals surface area (Å²) in [6, 6.07) is 7.38. The zero-order chi connectivity index (χ0) is 20.1. The molecule has 28 heavy (non-hydrogen) atoms. The van der Waals surface area contributed by atoms with Crippen LogP contribution in [-0.4, -0.2) is 40.4 Å². The molecule has 1 heterocycles. The van der Waals surface area contributed by atoms with E-state index in [1.54, 1.807) is 11.8 Å². The molecular formula is C23H34N2O2S. The monoisotopic (exact) mass is 402 g/mol. The maximum Gasteiger partial charge on any atom is 0.255 e. The average Bonchev–Trinajstić information content (AvgIpc) is 3.13. The van der Waals surface area contributed by atoms with Crippen LogP contribution in [0, 0.1) is 18.8 Å². The number of aryl methyl sites for hydroxylation is 1. The summed E-state index contributed by atoms with van der Waals surface area (Å²) >= 11 is 1.81. The normalized spacial score (nSPS) is 23.2. The number of nitrogens with one attached hydrogen (secondary N) is 1. The summed E-state index contributed by atoms with van der Waals surface area (Å²) in [5.74, 6) is 1.78. The molecule has 1 saturated heterocycles. The van der Waals surface area contributed by atoms with Crippen LogP contribution in [-0.2, 0) is 4.79 Å². The Labute approximate surface area is 173 Å². The number of thioether (sulfide) groups is 1. The number of hydrogen-bond acceptors (Lipinski definition) is 3. The minimum absolute atomic E-state index is 0.00777. The highest BCUT2D eigenvalue weighted by Gasteiger charge is 2.45. The van der Waals surface area contributed by atoms with Crippen LogP contribution in [0.4, 0.5) is 0 Å². The van der Waals surface area contributed by atoms with Gasteiger partial charge in [-0.2, -0.15) is 0 Å². The Bertz CT molecular complexity index is 685. The first kappa shape index (κ1) is 21.2. The van der Waals surface area contributed by atoms with Crippen molar-refractivity contribution in [2.75, 3.05) is 12.3 Å². The van der Waals surface area contributed by atoms with Gasteiger partial charge in [-0.05, 0) is 49.7 Å². The van der Waals surface area contributed by atoms with Gasteiger partial charge in [0, 0.05) is 17.9 Å². The lowest BCUT2D eigenvalue weighted by molar-refractivity contribution is -0.125.